The molecule has 0 fully saturated rings. The van der Waals surface area contributed by atoms with Gasteiger partial charge < -0.3 is 20.4 Å². The van der Waals surface area contributed by atoms with Crippen molar-refractivity contribution in [3.05, 3.63) is 47.5 Å². The van der Waals surface area contributed by atoms with Gasteiger partial charge in [-0.1, -0.05) is 28.8 Å². The number of carboxylic acid groups (broad SMARTS) is 1. The molecule has 0 aliphatic heterocycles. The van der Waals surface area contributed by atoms with Crippen LogP contribution in [0.1, 0.15) is 54.6 Å². The van der Waals surface area contributed by atoms with Gasteiger partial charge in [0.2, 0.25) is 0 Å². The summed E-state index contributed by atoms with van der Waals surface area (Å²) in [6.45, 7) is 2.20. The molecule has 0 spiro atoms. The number of nitrogens with one attached hydrogen (secondary N) is 1. The third kappa shape index (κ3) is 5.99. The molecule has 6 nitrogen and oxygen atoms in total. The van der Waals surface area contributed by atoms with Crippen molar-refractivity contribution in [2.75, 3.05) is 6.54 Å². The Hall–Kier alpha value is -1.59. The molecule has 0 radical (unpaired) electrons. The molecule has 2 rings (SSSR count). The normalized spacial score (nSPS) is 21.0. The van der Waals surface area contributed by atoms with E-state index >= 15 is 0 Å². The third-order valence-corrected chi connectivity index (χ3v) is 6.13. The van der Waals surface area contributed by atoms with Crippen LogP contribution < -0.4 is 10.2 Å². The number of hydrogen-bond acceptors (Lipinski definition) is 5. The number of rotatable bonds is 9. The molecule has 1 aromatic carbocycles. The van der Waals surface area contributed by atoms with Gasteiger partial charge in [-0.2, -0.15) is 0 Å². The summed E-state index contributed by atoms with van der Waals surface area (Å²) in [6, 6.07) is 6.48. The van der Waals surface area contributed by atoms with Crippen molar-refractivity contribution in [3.8, 4) is 0 Å². The molecule has 142 valence electrons. The molecule has 1 aromatic rings. The second-order valence-electron chi connectivity index (χ2n) is 6.84. The van der Waals surface area contributed by atoms with E-state index in [0.717, 1.165) is 24.8 Å². The van der Waals surface area contributed by atoms with Crippen LogP contribution in [0.4, 0.5) is 0 Å². The molecule has 0 saturated carbocycles. The highest BCUT2D eigenvalue weighted by Gasteiger charge is 2.33. The van der Waals surface area contributed by atoms with Crippen molar-refractivity contribution in [2.45, 2.75) is 50.4 Å². The number of aromatic carboxylic acids is 1. The summed E-state index contributed by atoms with van der Waals surface area (Å²) in [5, 5.41) is 22.4. The molecule has 7 heteroatoms. The number of carboxylic acids is 1. The van der Waals surface area contributed by atoms with E-state index in [1.807, 2.05) is 13.0 Å². The highest BCUT2D eigenvalue weighted by Crippen LogP contribution is 2.36. The number of benzene rings is 1. The minimum atomic E-state index is -2.58. The predicted molar refractivity (Wildman–Crippen MR) is 98.3 cm³/mol. The van der Waals surface area contributed by atoms with Gasteiger partial charge in [-0.15, -0.1) is 0 Å². The molecular weight excluding hydrogens is 353 g/mol. The number of carbonyl (C=O) groups is 1. The molecule has 0 amide bonds. The summed E-state index contributed by atoms with van der Waals surface area (Å²) in [6.07, 6.45) is 6.06. The van der Waals surface area contributed by atoms with Crippen LogP contribution in [0.15, 0.2) is 36.4 Å². The first kappa shape index (κ1) is 20.7. The van der Waals surface area contributed by atoms with Crippen molar-refractivity contribution in [1.82, 2.24) is 5.32 Å². The van der Waals surface area contributed by atoms with Gasteiger partial charge in [-0.05, 0) is 43.9 Å². The van der Waals surface area contributed by atoms with E-state index in [0.29, 0.717) is 0 Å². The Bertz CT molecular complexity index is 646. The highest BCUT2D eigenvalue weighted by atomic mass is 31.1. The first-order valence-electron chi connectivity index (χ1n) is 8.91. The standard InChI is InChI=1S/C19H26NO5P/c1-13(14-7-9-16(10-8-14)19(22)23)20-12-17(21)11-18(26(24)25)15-5-3-2-4-6-15/h2-3,7-10,13,15,17-18,20-21H,4-6,11-12H2,1H3,(H,22,23)/t13-,15?,17-,18?/m0/s1. The minimum Gasteiger partial charge on any atom is -0.595 e. The van der Waals surface area contributed by atoms with Gasteiger partial charge in [-0.25, -0.2) is 4.79 Å². The quantitative estimate of drug-likeness (QED) is 0.449. The van der Waals surface area contributed by atoms with Crippen LogP contribution in [-0.4, -0.2) is 34.5 Å². The number of hydrogen-bond donors (Lipinski definition) is 3. The Morgan fingerprint density at radius 2 is 2.04 bits per heavy atom. The molecule has 0 aromatic heterocycles. The molecule has 0 bridgehead atoms. The number of aliphatic hydroxyl groups is 1. The molecule has 26 heavy (non-hydrogen) atoms. The van der Waals surface area contributed by atoms with Gasteiger partial charge in [0.05, 0.1) is 11.7 Å². The Morgan fingerprint density at radius 3 is 2.58 bits per heavy atom. The van der Waals surface area contributed by atoms with Crippen molar-refractivity contribution in [1.29, 1.82) is 0 Å². The van der Waals surface area contributed by atoms with Gasteiger partial charge in [0.25, 0.3) is 0 Å². The summed E-state index contributed by atoms with van der Waals surface area (Å²) in [5.74, 6) is -0.889. The fraction of sp³-hybridized carbons (Fsp3) is 0.526. The van der Waals surface area contributed by atoms with Crippen LogP contribution in [-0.2, 0) is 4.57 Å². The number of allylic oxidation sites excluding steroid dienone is 2. The van der Waals surface area contributed by atoms with Crippen LogP contribution in [0.5, 0.6) is 0 Å². The van der Waals surface area contributed by atoms with Gasteiger partial charge in [0.1, 0.15) is 0 Å². The lowest BCUT2D eigenvalue weighted by atomic mass is 9.88. The molecule has 1 aliphatic carbocycles. The van der Waals surface area contributed by atoms with E-state index in [9.17, 15) is 19.4 Å². The van der Waals surface area contributed by atoms with Crippen LogP contribution in [0.3, 0.4) is 0 Å². The maximum Gasteiger partial charge on any atom is 0.335 e. The second-order valence-corrected chi connectivity index (χ2v) is 8.08. The van der Waals surface area contributed by atoms with Crippen molar-refractivity contribution >= 4 is 14.0 Å². The van der Waals surface area contributed by atoms with Gasteiger partial charge in [-0.3, -0.25) is 0 Å². The lowest BCUT2D eigenvalue weighted by Crippen LogP contribution is -2.34. The fourth-order valence-electron chi connectivity index (χ4n) is 3.32. The summed E-state index contributed by atoms with van der Waals surface area (Å²) >= 11 is 0. The van der Waals surface area contributed by atoms with Crippen molar-refractivity contribution in [2.24, 2.45) is 5.92 Å². The van der Waals surface area contributed by atoms with Crippen LogP contribution in [0.2, 0.25) is 0 Å². The zero-order chi connectivity index (χ0) is 19.1. The second kappa shape index (κ2) is 9.93. The van der Waals surface area contributed by atoms with E-state index in [1.165, 1.54) is 0 Å². The Morgan fingerprint density at radius 1 is 1.35 bits per heavy atom. The molecule has 0 heterocycles. The molecular formula is C19H26NO5P. The monoisotopic (exact) mass is 379 g/mol. The topological polar surface area (TPSA) is 110 Å². The van der Waals surface area contributed by atoms with Gasteiger partial charge in [0.15, 0.2) is 5.66 Å². The molecule has 3 N–H and O–H groups in total. The summed E-state index contributed by atoms with van der Waals surface area (Å²) < 4.78 is 11.6. The van der Waals surface area contributed by atoms with Crippen molar-refractivity contribution < 1.29 is 24.5 Å². The molecule has 1 aliphatic rings. The van der Waals surface area contributed by atoms with E-state index in [4.69, 9.17) is 5.11 Å². The molecule has 0 saturated heterocycles. The van der Waals surface area contributed by atoms with Crippen LogP contribution in [0.25, 0.3) is 0 Å². The minimum absolute atomic E-state index is 0.0791. The smallest absolute Gasteiger partial charge is 0.335 e. The Labute approximate surface area is 154 Å². The first-order valence-corrected chi connectivity index (χ1v) is 10.2. The molecule has 5 atom stereocenters. The number of aliphatic hydroxyl groups excluding tert-OH is 1. The lowest BCUT2D eigenvalue weighted by molar-refractivity contribution is -0.168. The summed E-state index contributed by atoms with van der Waals surface area (Å²) in [5.41, 5.74) is 0.632. The summed E-state index contributed by atoms with van der Waals surface area (Å²) in [4.78, 5) is 22.5. The van der Waals surface area contributed by atoms with Crippen LogP contribution in [0, 0.1) is 5.92 Å². The van der Waals surface area contributed by atoms with E-state index in [-0.39, 0.29) is 30.5 Å². The van der Waals surface area contributed by atoms with E-state index < -0.39 is 25.8 Å². The maximum atomic E-state index is 11.6. The van der Waals surface area contributed by atoms with E-state index in [2.05, 4.69) is 11.4 Å². The van der Waals surface area contributed by atoms with Gasteiger partial charge in [0, 0.05) is 24.9 Å². The SMILES string of the molecule is C[C@H](NC[C@@H](O)CC(C1CC=CCC1)[P+](=O)[O-])c1ccc(C(=O)O)cc1. The van der Waals surface area contributed by atoms with Gasteiger partial charge >= 0.3 is 14.0 Å². The fourth-order valence-corrected chi connectivity index (χ4v) is 4.35. The largest absolute Gasteiger partial charge is 0.595 e. The zero-order valence-electron chi connectivity index (χ0n) is 14.9. The average Bonchev–Trinajstić information content (AvgIpc) is 2.64. The summed E-state index contributed by atoms with van der Waals surface area (Å²) in [7, 11) is -2.58. The molecule has 3 unspecified atom stereocenters. The van der Waals surface area contributed by atoms with Crippen LogP contribution >= 0.6 is 8.03 Å². The maximum absolute atomic E-state index is 11.6. The predicted octanol–water partition coefficient (Wildman–Crippen LogP) is 2.61. The van der Waals surface area contributed by atoms with E-state index in [1.54, 1.807) is 24.3 Å². The highest BCUT2D eigenvalue weighted by molar-refractivity contribution is 7.37. The lowest BCUT2D eigenvalue weighted by Gasteiger charge is -2.24. The van der Waals surface area contributed by atoms with Crippen molar-refractivity contribution in [3.63, 3.8) is 0 Å². The Balaban J connectivity index is 1.86. The third-order valence-electron chi connectivity index (χ3n) is 4.96. The average molecular weight is 379 g/mol. The Kier molecular flexibility index (Phi) is 7.91. The zero-order valence-corrected chi connectivity index (χ0v) is 15.8. The first-order chi connectivity index (χ1) is 12.4.